The first-order valence-corrected chi connectivity index (χ1v) is 20.5. The first-order valence-electron chi connectivity index (χ1n) is 18.4. The summed E-state index contributed by atoms with van der Waals surface area (Å²) in [6.45, 7) is 0. The summed E-state index contributed by atoms with van der Waals surface area (Å²) in [7, 11) is 3.66. The molecule has 2 aromatic rings. The fourth-order valence-corrected chi connectivity index (χ4v) is 10.3. The second-order valence-electron chi connectivity index (χ2n) is 14.4. The molecule has 0 bridgehead atoms. The topological polar surface area (TPSA) is 36.9 Å². The van der Waals surface area contributed by atoms with Crippen molar-refractivity contribution in [2.45, 2.75) is 158 Å². The van der Waals surface area contributed by atoms with Gasteiger partial charge in [0.05, 0.1) is 25.7 Å². The van der Waals surface area contributed by atoms with Gasteiger partial charge in [-0.1, -0.05) is 77.0 Å². The van der Waals surface area contributed by atoms with Crippen molar-refractivity contribution >= 4 is 14.8 Å². The van der Waals surface area contributed by atoms with Crippen LogP contribution < -0.4 is 17.1 Å². The Morgan fingerprint density at radius 1 is 0.432 bits per heavy atom. The molecule has 0 unspecified atom stereocenters. The van der Waals surface area contributed by atoms with Crippen LogP contribution in [0.25, 0.3) is 0 Å². The van der Waals surface area contributed by atoms with Gasteiger partial charge < -0.3 is 17.1 Å². The minimum Gasteiger partial charge on any atom is -0.611 e. The van der Waals surface area contributed by atoms with E-state index in [0.29, 0.717) is 23.7 Å². The van der Waals surface area contributed by atoms with E-state index < -0.39 is 14.8 Å². The van der Waals surface area contributed by atoms with Gasteiger partial charge in [0.25, 0.3) is 0 Å². The maximum absolute atomic E-state index is 7.26. The molecule has 4 aliphatic rings. The van der Waals surface area contributed by atoms with Crippen molar-refractivity contribution < 1.29 is 17.1 Å². The molecule has 0 aromatic heterocycles. The summed E-state index contributed by atoms with van der Waals surface area (Å²) in [6.07, 6.45) is 25.9. The number of hydrogen-bond donors (Lipinski definition) is 0. The Bertz CT molecular complexity index is 1030. The van der Waals surface area contributed by atoms with Crippen LogP contribution in [0.15, 0.2) is 24.3 Å². The van der Waals surface area contributed by atoms with E-state index in [1.165, 1.54) is 151 Å². The molecule has 5 heteroatoms. The van der Waals surface area contributed by atoms with Crippen LogP contribution in [0.2, 0.25) is 5.79 Å². The minimum absolute atomic E-state index is 0.550. The molecule has 2 aromatic carbocycles. The number of ether oxygens (including phenoxy) is 2. The maximum Gasteiger partial charge on any atom is 0.853 e. The fraction of sp³-hybridized carbons (Fsp3) is 0.692. The van der Waals surface area contributed by atoms with Gasteiger partial charge in [-0.3, -0.25) is 0 Å². The molecular weight excluding hydrogens is 559 g/mol. The van der Waals surface area contributed by atoms with Crippen molar-refractivity contribution in [1.82, 2.24) is 0 Å². The van der Waals surface area contributed by atoms with Crippen molar-refractivity contribution in [3.63, 3.8) is 0 Å². The zero-order valence-electron chi connectivity index (χ0n) is 28.0. The number of benzene rings is 2. The van der Waals surface area contributed by atoms with Crippen LogP contribution in [-0.2, 0) is 0 Å². The molecule has 4 nitrogen and oxygen atoms in total. The molecular formula is C39H57AlO4. The highest BCUT2D eigenvalue weighted by atomic mass is 27.2. The van der Waals surface area contributed by atoms with Crippen LogP contribution in [0.3, 0.4) is 0 Å². The van der Waals surface area contributed by atoms with Crippen LogP contribution in [0.1, 0.15) is 174 Å². The predicted molar refractivity (Wildman–Crippen MR) is 182 cm³/mol. The summed E-state index contributed by atoms with van der Waals surface area (Å²) >= 11 is -2.12. The average molecular weight is 617 g/mol. The SMILES string of the molecule is COc1cc(C2CCCCC2)c([O][Al]([CH3])[O]c2c(C3CCCCC3)cc(OC)cc2C2CCCCC2)c(C2CCCCC2)c1. The van der Waals surface area contributed by atoms with E-state index in [1.807, 2.05) is 14.2 Å². The third-order valence-corrected chi connectivity index (χ3v) is 12.6. The van der Waals surface area contributed by atoms with Crippen molar-refractivity contribution in [1.29, 1.82) is 0 Å². The molecule has 44 heavy (non-hydrogen) atoms. The fourth-order valence-electron chi connectivity index (χ4n) is 9.02. The van der Waals surface area contributed by atoms with Crippen molar-refractivity contribution in [2.75, 3.05) is 14.2 Å². The Hall–Kier alpha value is -1.83. The third kappa shape index (κ3) is 7.58. The number of methoxy groups -OCH3 is 2. The first-order chi connectivity index (χ1) is 21.6. The lowest BCUT2D eigenvalue weighted by Crippen LogP contribution is -2.29. The Morgan fingerprint density at radius 3 is 0.909 bits per heavy atom. The largest absolute Gasteiger partial charge is 0.853 e. The smallest absolute Gasteiger partial charge is 0.611 e. The molecule has 240 valence electrons. The van der Waals surface area contributed by atoms with Gasteiger partial charge in [-0.15, -0.1) is 0 Å². The molecule has 0 spiro atoms. The minimum atomic E-state index is -2.12. The summed E-state index contributed by atoms with van der Waals surface area (Å²) < 4.78 is 26.4. The first kappa shape index (κ1) is 32.1. The maximum atomic E-state index is 7.26. The zero-order chi connectivity index (χ0) is 30.3. The number of rotatable bonds is 10. The van der Waals surface area contributed by atoms with E-state index in [0.717, 1.165) is 23.0 Å². The summed E-state index contributed by atoms with van der Waals surface area (Å²) in [5, 5.41) is 0. The third-order valence-electron chi connectivity index (χ3n) is 11.5. The Morgan fingerprint density at radius 2 is 0.682 bits per heavy atom. The second kappa shape index (κ2) is 15.6. The normalized spacial score (nSPS) is 21.2. The Balaban J connectivity index is 1.38. The molecule has 0 radical (unpaired) electrons. The molecule has 4 saturated carbocycles. The second-order valence-corrected chi connectivity index (χ2v) is 16.0. The van der Waals surface area contributed by atoms with Crippen molar-refractivity contribution in [2.24, 2.45) is 0 Å². The summed E-state index contributed by atoms with van der Waals surface area (Å²) in [5.74, 6) is 8.81. The van der Waals surface area contributed by atoms with Gasteiger partial charge in [-0.05, 0) is 127 Å². The summed E-state index contributed by atoms with van der Waals surface area (Å²) in [6, 6.07) is 9.25. The van der Waals surface area contributed by atoms with Crippen LogP contribution in [0.4, 0.5) is 0 Å². The van der Waals surface area contributed by atoms with Crippen LogP contribution >= 0.6 is 0 Å². The molecule has 0 saturated heterocycles. The Kier molecular flexibility index (Phi) is 11.4. The van der Waals surface area contributed by atoms with Gasteiger partial charge in [0.2, 0.25) is 0 Å². The van der Waals surface area contributed by atoms with Crippen LogP contribution in [0.5, 0.6) is 23.0 Å². The molecule has 0 aliphatic heterocycles. The lowest BCUT2D eigenvalue weighted by molar-refractivity contribution is 0.368. The molecule has 4 fully saturated rings. The lowest BCUT2D eigenvalue weighted by atomic mass is 9.79. The highest BCUT2D eigenvalue weighted by molar-refractivity contribution is 6.44. The Labute approximate surface area is 272 Å². The van der Waals surface area contributed by atoms with Crippen molar-refractivity contribution in [3.8, 4) is 23.0 Å². The van der Waals surface area contributed by atoms with E-state index in [9.17, 15) is 0 Å². The van der Waals surface area contributed by atoms with Gasteiger partial charge in [-0.25, -0.2) is 0 Å². The summed E-state index contributed by atoms with van der Waals surface area (Å²) in [4.78, 5) is 0. The van der Waals surface area contributed by atoms with Gasteiger partial charge in [0.15, 0.2) is 0 Å². The predicted octanol–water partition coefficient (Wildman–Crippen LogP) is 11.5. The van der Waals surface area contributed by atoms with Crippen LogP contribution in [0, 0.1) is 0 Å². The van der Waals surface area contributed by atoms with E-state index >= 15 is 0 Å². The van der Waals surface area contributed by atoms with E-state index in [-0.39, 0.29) is 0 Å². The molecule has 0 heterocycles. The van der Waals surface area contributed by atoms with Crippen LogP contribution in [-0.4, -0.2) is 29.0 Å². The highest BCUT2D eigenvalue weighted by Gasteiger charge is 2.35. The van der Waals surface area contributed by atoms with Gasteiger partial charge in [0, 0.05) is 0 Å². The zero-order valence-corrected chi connectivity index (χ0v) is 29.1. The van der Waals surface area contributed by atoms with E-state index in [1.54, 1.807) is 0 Å². The monoisotopic (exact) mass is 616 g/mol. The molecule has 6 rings (SSSR count). The van der Waals surface area contributed by atoms with Gasteiger partial charge in [-0.2, -0.15) is 0 Å². The highest BCUT2D eigenvalue weighted by Crippen LogP contribution is 2.49. The lowest BCUT2D eigenvalue weighted by Gasteiger charge is -2.33. The van der Waals surface area contributed by atoms with E-state index in [4.69, 9.17) is 17.1 Å². The van der Waals surface area contributed by atoms with E-state index in [2.05, 4.69) is 30.1 Å². The molecule has 0 N–H and O–H groups in total. The molecule has 0 amide bonds. The average Bonchev–Trinajstić information content (AvgIpc) is 3.09. The molecule has 0 atom stereocenters. The van der Waals surface area contributed by atoms with Gasteiger partial charge >= 0.3 is 14.8 Å². The number of hydrogen-bond acceptors (Lipinski definition) is 4. The summed E-state index contributed by atoms with van der Waals surface area (Å²) in [5.41, 5.74) is 5.56. The van der Waals surface area contributed by atoms with Crippen molar-refractivity contribution in [3.05, 3.63) is 46.5 Å². The standard InChI is InChI=1S/2C19H28O2.CH3.Al/c2*1-21-16-12-17(14-8-4-2-5-9-14)19(20)18(13-16)15-10-6-3-7-11-15;;/h2*12-15,20H,2-11H2,1H3;1H3;/q;;;+2/p-2. The van der Waals surface area contributed by atoms with Gasteiger partial charge in [0.1, 0.15) is 11.5 Å². The molecule has 4 aliphatic carbocycles. The quantitative estimate of drug-likeness (QED) is 0.249.